The number of benzene rings is 2. The molecule has 4 aromatic rings. The van der Waals surface area contributed by atoms with E-state index in [1.807, 2.05) is 30.9 Å². The number of pyridine rings is 2. The third-order valence-electron chi connectivity index (χ3n) is 8.55. The minimum absolute atomic E-state index is 0.129. The summed E-state index contributed by atoms with van der Waals surface area (Å²) in [4.78, 5) is 28.0. The number of hydrogen-bond donors (Lipinski definition) is 0. The summed E-state index contributed by atoms with van der Waals surface area (Å²) < 4.78 is 46.7. The molecule has 0 bridgehead atoms. The van der Waals surface area contributed by atoms with Crippen LogP contribution < -0.4 is 23.4 Å². The van der Waals surface area contributed by atoms with E-state index < -0.39 is 21.5 Å². The highest BCUT2D eigenvalue weighted by molar-refractivity contribution is 7.93. The van der Waals surface area contributed by atoms with Crippen molar-refractivity contribution in [2.24, 2.45) is 0 Å². The molecule has 1 atom stereocenters. The van der Waals surface area contributed by atoms with Crippen molar-refractivity contribution in [2.75, 3.05) is 56.2 Å². The van der Waals surface area contributed by atoms with Crippen LogP contribution in [0.1, 0.15) is 29.3 Å². The summed E-state index contributed by atoms with van der Waals surface area (Å²) in [7, 11) is -1.59. The van der Waals surface area contributed by atoms with E-state index >= 15 is 4.79 Å². The Kier molecular flexibility index (Phi) is 8.48. The lowest BCUT2D eigenvalue weighted by Gasteiger charge is -2.46. The van der Waals surface area contributed by atoms with Gasteiger partial charge in [0.25, 0.3) is 15.9 Å². The minimum Gasteiger partial charge on any atom is -0.495 e. The maximum absolute atomic E-state index is 15.3. The van der Waals surface area contributed by atoms with E-state index in [9.17, 15) is 13.7 Å². The van der Waals surface area contributed by atoms with E-state index in [1.165, 1.54) is 44.7 Å². The van der Waals surface area contributed by atoms with Gasteiger partial charge in [0, 0.05) is 54.9 Å². The van der Waals surface area contributed by atoms with Gasteiger partial charge in [0.05, 0.1) is 44.3 Å². The molecule has 0 aliphatic carbocycles. The monoisotopic (exact) mass is 654 g/mol. The summed E-state index contributed by atoms with van der Waals surface area (Å²) in [6, 6.07) is 18.7. The first-order chi connectivity index (χ1) is 22.7. The smallest absolute Gasteiger partial charge is 0.288 e. The predicted molar refractivity (Wildman–Crippen MR) is 174 cm³/mol. The number of para-hydroxylation sites is 1. The molecular weight excluding hydrogens is 620 g/mol. The van der Waals surface area contributed by atoms with E-state index in [1.54, 1.807) is 30.5 Å². The largest absolute Gasteiger partial charge is 0.495 e. The van der Waals surface area contributed by atoms with Gasteiger partial charge >= 0.3 is 0 Å². The molecule has 0 radical (unpaired) electrons. The van der Waals surface area contributed by atoms with Crippen LogP contribution in [0.25, 0.3) is 0 Å². The second kappa shape index (κ2) is 12.5. The molecule has 242 valence electrons. The fourth-order valence-electron chi connectivity index (χ4n) is 6.43. The van der Waals surface area contributed by atoms with Gasteiger partial charge in [-0.2, -0.15) is 18.0 Å². The Balaban J connectivity index is 1.58. The molecule has 2 aromatic carbocycles. The van der Waals surface area contributed by atoms with Crippen LogP contribution >= 0.6 is 0 Å². The lowest BCUT2D eigenvalue weighted by Crippen LogP contribution is -2.60. The summed E-state index contributed by atoms with van der Waals surface area (Å²) in [5, 5.41) is 9.66. The Morgan fingerprint density at radius 2 is 1.74 bits per heavy atom. The van der Waals surface area contributed by atoms with Crippen LogP contribution in [-0.2, 0) is 20.4 Å². The molecule has 6 rings (SSSR count). The van der Waals surface area contributed by atoms with Crippen LogP contribution in [-0.4, -0.2) is 76.2 Å². The Labute approximate surface area is 273 Å². The number of anilines is 2. The quantitative estimate of drug-likeness (QED) is 0.260. The average Bonchev–Trinajstić information content (AvgIpc) is 3.36. The van der Waals surface area contributed by atoms with Crippen LogP contribution in [0.2, 0.25) is 0 Å². The highest BCUT2D eigenvalue weighted by atomic mass is 32.2. The summed E-state index contributed by atoms with van der Waals surface area (Å²) in [5.74, 6) is 0.333. The molecule has 0 spiro atoms. The molecular formula is C34H34N6O6S. The van der Waals surface area contributed by atoms with Gasteiger partial charge in [-0.05, 0) is 62.4 Å². The minimum atomic E-state index is -4.54. The number of rotatable bonds is 9. The number of carbonyl (C=O) groups excluding carboxylic acids is 1. The van der Waals surface area contributed by atoms with Gasteiger partial charge in [0.15, 0.2) is 22.1 Å². The molecule has 1 amide bonds. The summed E-state index contributed by atoms with van der Waals surface area (Å²) in [6.07, 6.45) is 3.05. The number of amides is 1. The second-order valence-corrected chi connectivity index (χ2v) is 12.8. The molecule has 13 heteroatoms. The fourth-order valence-corrected chi connectivity index (χ4v) is 7.82. The number of aromatic nitrogens is 2. The fraction of sp³-hybridized carbons (Fsp3) is 0.294. The van der Waals surface area contributed by atoms with Crippen molar-refractivity contribution in [3.63, 3.8) is 0 Å². The van der Waals surface area contributed by atoms with Crippen molar-refractivity contribution in [3.05, 3.63) is 95.4 Å². The van der Waals surface area contributed by atoms with E-state index in [0.29, 0.717) is 54.6 Å². The van der Waals surface area contributed by atoms with Crippen molar-refractivity contribution in [1.82, 2.24) is 14.9 Å². The first-order valence-electron chi connectivity index (χ1n) is 15.1. The molecule has 4 heterocycles. The lowest BCUT2D eigenvalue weighted by molar-refractivity contribution is -0.127. The van der Waals surface area contributed by atoms with E-state index in [2.05, 4.69) is 20.9 Å². The molecule has 2 aliphatic heterocycles. The van der Waals surface area contributed by atoms with Gasteiger partial charge in [-0.15, -0.1) is 0 Å². The topological polar surface area (TPSA) is 138 Å². The van der Waals surface area contributed by atoms with Crippen molar-refractivity contribution < 1.29 is 27.4 Å². The van der Waals surface area contributed by atoms with Gasteiger partial charge in [-0.3, -0.25) is 14.7 Å². The zero-order chi connectivity index (χ0) is 33.3. The van der Waals surface area contributed by atoms with Crippen molar-refractivity contribution >= 4 is 27.3 Å². The highest BCUT2D eigenvalue weighted by Gasteiger charge is 2.61. The number of fused-ring (bicyclic) bond motifs is 1. The third kappa shape index (κ3) is 5.19. The van der Waals surface area contributed by atoms with Crippen molar-refractivity contribution in [1.29, 1.82) is 5.26 Å². The molecule has 12 nitrogen and oxygen atoms in total. The van der Waals surface area contributed by atoms with Gasteiger partial charge in [0.1, 0.15) is 5.75 Å². The number of methoxy groups -OCH3 is 2. The van der Waals surface area contributed by atoms with Crippen LogP contribution in [0.3, 0.4) is 0 Å². The van der Waals surface area contributed by atoms with Crippen molar-refractivity contribution in [3.8, 4) is 23.3 Å². The molecule has 1 fully saturated rings. The van der Waals surface area contributed by atoms with E-state index in [0.717, 1.165) is 15.7 Å². The number of piperazine rings is 1. The van der Waals surface area contributed by atoms with Gasteiger partial charge in [-0.25, -0.2) is 4.98 Å². The SMILES string of the molecule is CCOc1c(OC)cccc1C1(N2CCN(c3ccnc(C)c3)CC2)C(=O)N(S(=O)(=O)c2ccc(OC)cn2)c2ccc(C#N)cc21. The zero-order valence-electron chi connectivity index (χ0n) is 26.5. The Hall–Kier alpha value is -5.19. The van der Waals surface area contributed by atoms with E-state index in [4.69, 9.17) is 14.2 Å². The summed E-state index contributed by atoms with van der Waals surface area (Å²) in [5.41, 5.74) is 1.34. The summed E-state index contributed by atoms with van der Waals surface area (Å²) >= 11 is 0. The molecule has 1 saturated heterocycles. The van der Waals surface area contributed by atoms with Crippen LogP contribution in [0, 0.1) is 18.3 Å². The van der Waals surface area contributed by atoms with E-state index in [-0.39, 0.29) is 22.9 Å². The Bertz CT molecular complexity index is 1970. The first kappa shape index (κ1) is 31.8. The van der Waals surface area contributed by atoms with Crippen LogP contribution in [0.5, 0.6) is 17.2 Å². The standard InChI is InChI=1S/C34H34N6O6S/c1-5-46-32-27(7-6-8-30(32)45-4)34(39-17-15-38(16-18-39)25-13-14-36-23(2)19-25)28-20-24(21-35)9-11-29(28)40(33(34)41)47(42,43)31-12-10-26(44-3)22-37-31/h6-14,19-20,22H,5,15-18H2,1-4H3. The average molecular weight is 655 g/mol. The number of nitrogens with zero attached hydrogens (tertiary/aromatic N) is 6. The second-order valence-electron chi connectivity index (χ2n) is 11.1. The van der Waals surface area contributed by atoms with Gasteiger partial charge in [-0.1, -0.05) is 12.1 Å². The number of hydrogen-bond acceptors (Lipinski definition) is 11. The molecule has 0 saturated carbocycles. The third-order valence-corrected chi connectivity index (χ3v) is 10.2. The number of carbonyl (C=O) groups is 1. The van der Waals surface area contributed by atoms with Crippen molar-refractivity contribution in [2.45, 2.75) is 24.4 Å². The number of nitriles is 1. The molecule has 1 unspecified atom stereocenters. The number of aryl methyl sites for hydroxylation is 1. The Morgan fingerprint density at radius 1 is 0.957 bits per heavy atom. The lowest BCUT2D eigenvalue weighted by atomic mass is 9.80. The Morgan fingerprint density at radius 3 is 2.38 bits per heavy atom. The highest BCUT2D eigenvalue weighted by Crippen LogP contribution is 2.54. The van der Waals surface area contributed by atoms with Gasteiger partial charge in [0.2, 0.25) is 0 Å². The number of sulfonamides is 1. The maximum atomic E-state index is 15.3. The molecule has 0 N–H and O–H groups in total. The molecule has 2 aromatic heterocycles. The van der Waals surface area contributed by atoms with Crippen LogP contribution in [0.4, 0.5) is 11.4 Å². The molecule has 47 heavy (non-hydrogen) atoms. The van der Waals surface area contributed by atoms with Gasteiger partial charge < -0.3 is 19.1 Å². The summed E-state index contributed by atoms with van der Waals surface area (Å²) in [6.45, 7) is 5.83. The first-order valence-corrected chi connectivity index (χ1v) is 16.5. The van der Waals surface area contributed by atoms with Crippen LogP contribution in [0.15, 0.2) is 78.1 Å². The number of ether oxygens (including phenoxy) is 3. The zero-order valence-corrected chi connectivity index (χ0v) is 27.3. The molecule has 2 aliphatic rings. The maximum Gasteiger partial charge on any atom is 0.288 e. The normalized spacial score (nSPS) is 18.1. The predicted octanol–water partition coefficient (Wildman–Crippen LogP) is 3.87.